The van der Waals surface area contributed by atoms with Gasteiger partial charge in [0.2, 0.25) is 0 Å². The van der Waals surface area contributed by atoms with Gasteiger partial charge in [-0.3, -0.25) is 4.79 Å². The first kappa shape index (κ1) is 17.4. The minimum Gasteiger partial charge on any atom is -0.480 e. The Hall–Kier alpha value is -0.625. The van der Waals surface area contributed by atoms with Gasteiger partial charge in [0.05, 0.1) is 0 Å². The highest BCUT2D eigenvalue weighted by molar-refractivity contribution is 6.40. The molecule has 1 fully saturated rings. The summed E-state index contributed by atoms with van der Waals surface area (Å²) in [4.78, 5) is 13.7. The number of unbranched alkanes of at least 4 members (excludes halogenated alkanes) is 1. The molecule has 5 N–H and O–H groups in total. The molecule has 1 atom stereocenters. The number of nitrogens with two attached hydrogens (primary N) is 1. The molecule has 1 saturated heterocycles. The van der Waals surface area contributed by atoms with Gasteiger partial charge in [-0.2, -0.15) is 0 Å². The van der Waals surface area contributed by atoms with E-state index in [1.807, 2.05) is 0 Å². The number of likely N-dealkylation sites (tertiary alicyclic amines) is 1. The molecule has 0 radical (unpaired) electrons. The molecule has 20 heavy (non-hydrogen) atoms. The first-order chi connectivity index (χ1) is 9.44. The number of nitrogens with zero attached hydrogens (tertiary/aromatic N) is 1. The summed E-state index contributed by atoms with van der Waals surface area (Å²) in [5.41, 5.74) is 4.82. The highest BCUT2D eigenvalue weighted by Crippen LogP contribution is 2.20. The van der Waals surface area contributed by atoms with Crippen LogP contribution in [0.2, 0.25) is 6.32 Å². The largest absolute Gasteiger partial charge is 0.480 e. The van der Waals surface area contributed by atoms with E-state index in [-0.39, 0.29) is 6.32 Å². The van der Waals surface area contributed by atoms with Crippen molar-refractivity contribution in [2.45, 2.75) is 56.8 Å². The van der Waals surface area contributed by atoms with Crippen LogP contribution in [0, 0.1) is 0 Å². The third-order valence-corrected chi connectivity index (χ3v) is 4.06. The molecule has 0 aromatic rings. The summed E-state index contributed by atoms with van der Waals surface area (Å²) >= 11 is 0. The van der Waals surface area contributed by atoms with Crippen LogP contribution < -0.4 is 5.73 Å². The second-order valence-corrected chi connectivity index (χ2v) is 5.84. The van der Waals surface area contributed by atoms with Crippen LogP contribution in [0.1, 0.15) is 44.9 Å². The Morgan fingerprint density at radius 1 is 1.15 bits per heavy atom. The van der Waals surface area contributed by atoms with Gasteiger partial charge in [0.15, 0.2) is 0 Å². The maximum atomic E-state index is 11.3. The van der Waals surface area contributed by atoms with Crippen LogP contribution in [-0.2, 0) is 4.79 Å². The van der Waals surface area contributed by atoms with Crippen molar-refractivity contribution in [2.75, 3.05) is 19.6 Å². The molecule has 1 rings (SSSR count). The third kappa shape index (κ3) is 6.22. The average molecular weight is 286 g/mol. The van der Waals surface area contributed by atoms with Gasteiger partial charge in [-0.1, -0.05) is 12.8 Å². The fourth-order valence-electron chi connectivity index (χ4n) is 2.73. The molecular weight excluding hydrogens is 259 g/mol. The Bertz CT molecular complexity index is 298. The number of hydrogen-bond acceptors (Lipinski definition) is 5. The molecule has 0 aliphatic carbocycles. The zero-order valence-electron chi connectivity index (χ0n) is 12.1. The Morgan fingerprint density at radius 2 is 1.75 bits per heavy atom. The van der Waals surface area contributed by atoms with Crippen molar-refractivity contribution in [3.05, 3.63) is 0 Å². The lowest BCUT2D eigenvalue weighted by Crippen LogP contribution is -2.48. The summed E-state index contributed by atoms with van der Waals surface area (Å²) in [5.74, 6) is -0.955. The Balaban J connectivity index is 2.27. The molecule has 0 saturated carbocycles. The number of rotatable bonds is 10. The number of aliphatic carboxylic acids is 1. The van der Waals surface area contributed by atoms with E-state index in [2.05, 4.69) is 4.90 Å². The molecule has 1 aliphatic rings. The molecule has 1 unspecified atom stereocenters. The summed E-state index contributed by atoms with van der Waals surface area (Å²) in [5, 5.41) is 26.8. The summed E-state index contributed by atoms with van der Waals surface area (Å²) in [6.45, 7) is 3.14. The van der Waals surface area contributed by atoms with Crippen molar-refractivity contribution in [1.82, 2.24) is 4.90 Å². The van der Waals surface area contributed by atoms with Crippen LogP contribution in [0.15, 0.2) is 0 Å². The minimum atomic E-state index is -1.32. The van der Waals surface area contributed by atoms with E-state index in [1.54, 1.807) is 0 Å². The Morgan fingerprint density at radius 3 is 2.30 bits per heavy atom. The standard InChI is InChI=1S/C13H27BN2O4/c15-13(12(17)18,6-1-2-8-14(19)20)7-5-11-16-9-3-4-10-16/h19-20H,1-11,15H2,(H,17,18). The van der Waals surface area contributed by atoms with Crippen molar-refractivity contribution >= 4 is 13.1 Å². The number of carboxylic acids is 1. The van der Waals surface area contributed by atoms with Crippen LogP contribution in [0.5, 0.6) is 0 Å². The summed E-state index contributed by atoms with van der Waals surface area (Å²) in [6.07, 6.45) is 5.57. The second-order valence-electron chi connectivity index (χ2n) is 5.84. The number of carbonyl (C=O) groups is 1. The molecule has 0 aromatic heterocycles. The van der Waals surface area contributed by atoms with E-state index >= 15 is 0 Å². The van der Waals surface area contributed by atoms with Crippen molar-refractivity contribution in [3.63, 3.8) is 0 Å². The van der Waals surface area contributed by atoms with Gasteiger partial charge in [-0.25, -0.2) is 0 Å². The SMILES string of the molecule is NC(CCCCB(O)O)(CCCN1CCCC1)C(=O)O. The van der Waals surface area contributed by atoms with Crippen molar-refractivity contribution in [3.8, 4) is 0 Å². The maximum absolute atomic E-state index is 11.3. The highest BCUT2D eigenvalue weighted by Gasteiger charge is 2.33. The van der Waals surface area contributed by atoms with Gasteiger partial charge in [0, 0.05) is 0 Å². The molecule has 1 aliphatic heterocycles. The normalized spacial score (nSPS) is 18.9. The summed E-state index contributed by atoms with van der Waals surface area (Å²) < 4.78 is 0. The number of carboxylic acid groups (broad SMARTS) is 1. The quantitative estimate of drug-likeness (QED) is 0.339. The van der Waals surface area contributed by atoms with Crippen LogP contribution in [0.25, 0.3) is 0 Å². The van der Waals surface area contributed by atoms with Crippen LogP contribution in [0.3, 0.4) is 0 Å². The average Bonchev–Trinajstić information content (AvgIpc) is 2.87. The Labute approximate surface area is 121 Å². The van der Waals surface area contributed by atoms with E-state index in [0.717, 1.165) is 26.1 Å². The lowest BCUT2D eigenvalue weighted by molar-refractivity contribution is -0.144. The predicted octanol–water partition coefficient (Wildman–Crippen LogP) is 0.288. The second kappa shape index (κ2) is 8.62. The van der Waals surface area contributed by atoms with Crippen LogP contribution in [-0.4, -0.2) is 58.3 Å². The van der Waals surface area contributed by atoms with Gasteiger partial charge in [0.25, 0.3) is 0 Å². The molecule has 116 valence electrons. The van der Waals surface area contributed by atoms with Gasteiger partial charge < -0.3 is 25.8 Å². The van der Waals surface area contributed by atoms with E-state index in [0.29, 0.717) is 25.7 Å². The molecule has 6 nitrogen and oxygen atoms in total. The fraction of sp³-hybridized carbons (Fsp3) is 0.923. The number of hydrogen-bond donors (Lipinski definition) is 4. The monoisotopic (exact) mass is 286 g/mol. The third-order valence-electron chi connectivity index (χ3n) is 4.06. The molecule has 1 heterocycles. The van der Waals surface area contributed by atoms with Crippen molar-refractivity contribution in [2.24, 2.45) is 5.73 Å². The molecule has 0 spiro atoms. The lowest BCUT2D eigenvalue weighted by Gasteiger charge is -2.26. The lowest BCUT2D eigenvalue weighted by atomic mass is 9.81. The van der Waals surface area contributed by atoms with Crippen molar-refractivity contribution in [1.29, 1.82) is 0 Å². The van der Waals surface area contributed by atoms with E-state index < -0.39 is 18.6 Å². The van der Waals surface area contributed by atoms with Crippen LogP contribution in [0.4, 0.5) is 0 Å². The molecular formula is C13H27BN2O4. The first-order valence-electron chi connectivity index (χ1n) is 7.55. The zero-order chi connectivity index (χ0) is 15.0. The topological polar surface area (TPSA) is 107 Å². The molecule has 0 bridgehead atoms. The van der Waals surface area contributed by atoms with E-state index in [9.17, 15) is 9.90 Å². The van der Waals surface area contributed by atoms with Gasteiger partial charge >= 0.3 is 13.1 Å². The minimum absolute atomic E-state index is 0.267. The van der Waals surface area contributed by atoms with E-state index in [1.165, 1.54) is 12.8 Å². The van der Waals surface area contributed by atoms with Gasteiger partial charge in [0.1, 0.15) is 5.54 Å². The summed E-state index contributed by atoms with van der Waals surface area (Å²) in [7, 11) is -1.32. The smallest absolute Gasteiger partial charge is 0.451 e. The van der Waals surface area contributed by atoms with Crippen molar-refractivity contribution < 1.29 is 19.9 Å². The van der Waals surface area contributed by atoms with E-state index in [4.69, 9.17) is 15.8 Å². The molecule has 0 amide bonds. The first-order valence-corrected chi connectivity index (χ1v) is 7.55. The fourth-order valence-corrected chi connectivity index (χ4v) is 2.73. The highest BCUT2D eigenvalue weighted by atomic mass is 16.4. The van der Waals surface area contributed by atoms with Gasteiger partial charge in [-0.15, -0.1) is 0 Å². The molecule has 0 aromatic carbocycles. The zero-order valence-corrected chi connectivity index (χ0v) is 12.1. The van der Waals surface area contributed by atoms with Gasteiger partial charge in [-0.05, 0) is 58.1 Å². The maximum Gasteiger partial charge on any atom is 0.451 e. The predicted molar refractivity (Wildman–Crippen MR) is 78.3 cm³/mol. The summed E-state index contributed by atoms with van der Waals surface area (Å²) in [6, 6.07) is 0. The Kier molecular flexibility index (Phi) is 7.51. The van der Waals surface area contributed by atoms with Crippen LogP contribution >= 0.6 is 0 Å². The molecule has 7 heteroatoms.